The fourth-order valence-corrected chi connectivity index (χ4v) is 4.74. The molecule has 3 rings (SSSR count). The minimum Gasteiger partial charge on any atom is -0.314 e. The molecule has 2 unspecified atom stereocenters. The van der Waals surface area contributed by atoms with E-state index >= 15 is 0 Å². The summed E-state index contributed by atoms with van der Waals surface area (Å²) in [7, 11) is -4.29. The predicted octanol–water partition coefficient (Wildman–Crippen LogP) is 1.90. The second-order valence-electron chi connectivity index (χ2n) is 5.46. The number of hydrogen-bond donors (Lipinski definition) is 1. The summed E-state index contributed by atoms with van der Waals surface area (Å²) in [6.07, 6.45) is 1.44. The van der Waals surface area contributed by atoms with Crippen LogP contribution in [-0.4, -0.2) is 38.4 Å². The number of benzene rings is 1. The van der Waals surface area contributed by atoms with Crippen LogP contribution in [0.4, 0.5) is 13.2 Å². The Labute approximate surface area is 133 Å². The van der Waals surface area contributed by atoms with Crippen molar-refractivity contribution in [2.75, 3.05) is 19.6 Å². The van der Waals surface area contributed by atoms with Gasteiger partial charge in [0.25, 0.3) is 0 Å². The Morgan fingerprint density at radius 3 is 2.41 bits per heavy atom. The molecule has 9 heteroatoms. The van der Waals surface area contributed by atoms with Gasteiger partial charge in [0, 0.05) is 31.3 Å². The number of sulfonamides is 1. The van der Waals surface area contributed by atoms with Gasteiger partial charge < -0.3 is 5.32 Å². The Morgan fingerprint density at radius 1 is 1.14 bits per heavy atom. The molecule has 0 aromatic heterocycles. The number of hydrogen-bond acceptors (Lipinski definition) is 3. The Bertz CT molecular complexity index is 648. The first-order chi connectivity index (χ1) is 9.89. The lowest BCUT2D eigenvalue weighted by Gasteiger charge is -2.34. The molecule has 2 aliphatic rings. The standard InChI is InChI=1S/C13H15F3N2O2S.ClH/c14-9-5-10(15)13(11(16)6-9)21(19,20)18-4-2-12-8(7-18)1-3-17-12;/h5-6,8,12,17H,1-4,7H2;1H. The summed E-state index contributed by atoms with van der Waals surface area (Å²) in [5.74, 6) is -3.76. The maximum absolute atomic E-state index is 13.7. The Morgan fingerprint density at radius 2 is 1.77 bits per heavy atom. The summed E-state index contributed by atoms with van der Waals surface area (Å²) in [6.45, 7) is 1.26. The fourth-order valence-electron chi connectivity index (χ4n) is 3.14. The quantitative estimate of drug-likeness (QED) is 0.880. The van der Waals surface area contributed by atoms with Crippen molar-refractivity contribution < 1.29 is 21.6 Å². The number of rotatable bonds is 2. The second kappa shape index (κ2) is 6.35. The van der Waals surface area contributed by atoms with Crippen molar-refractivity contribution in [3.63, 3.8) is 0 Å². The van der Waals surface area contributed by atoms with Gasteiger partial charge in [0.2, 0.25) is 10.0 Å². The highest BCUT2D eigenvalue weighted by molar-refractivity contribution is 7.89. The van der Waals surface area contributed by atoms with Crippen LogP contribution in [0.5, 0.6) is 0 Å². The summed E-state index contributed by atoms with van der Waals surface area (Å²) in [6, 6.07) is 1.04. The van der Waals surface area contributed by atoms with Gasteiger partial charge in [-0.3, -0.25) is 0 Å². The van der Waals surface area contributed by atoms with Gasteiger partial charge in [-0.2, -0.15) is 4.31 Å². The smallest absolute Gasteiger partial charge is 0.248 e. The zero-order valence-electron chi connectivity index (χ0n) is 11.6. The summed E-state index contributed by atoms with van der Waals surface area (Å²) in [5.41, 5.74) is 0. The summed E-state index contributed by atoms with van der Waals surface area (Å²) >= 11 is 0. The average Bonchev–Trinajstić information content (AvgIpc) is 2.83. The Kier molecular flexibility index (Phi) is 5.06. The van der Waals surface area contributed by atoms with E-state index in [2.05, 4.69) is 5.32 Å². The van der Waals surface area contributed by atoms with Gasteiger partial charge in [-0.1, -0.05) is 0 Å². The normalized spacial score (nSPS) is 25.6. The molecule has 1 N–H and O–H groups in total. The first-order valence-electron chi connectivity index (χ1n) is 6.77. The van der Waals surface area contributed by atoms with E-state index in [0.717, 1.165) is 17.3 Å². The van der Waals surface area contributed by atoms with Crippen LogP contribution >= 0.6 is 12.4 Å². The van der Waals surface area contributed by atoms with Crippen LogP contribution in [0.1, 0.15) is 12.8 Å². The molecule has 1 aromatic rings. The highest BCUT2D eigenvalue weighted by Crippen LogP contribution is 2.30. The van der Waals surface area contributed by atoms with Crippen molar-refractivity contribution in [3.05, 3.63) is 29.6 Å². The van der Waals surface area contributed by atoms with Gasteiger partial charge in [-0.05, 0) is 25.3 Å². The molecule has 4 nitrogen and oxygen atoms in total. The van der Waals surface area contributed by atoms with E-state index in [1.54, 1.807) is 0 Å². The largest absolute Gasteiger partial charge is 0.314 e. The second-order valence-corrected chi connectivity index (χ2v) is 7.33. The van der Waals surface area contributed by atoms with E-state index in [1.807, 2.05) is 0 Å². The lowest BCUT2D eigenvalue weighted by Crippen LogP contribution is -2.47. The molecule has 2 saturated heterocycles. The first-order valence-corrected chi connectivity index (χ1v) is 8.21. The highest BCUT2D eigenvalue weighted by Gasteiger charge is 2.39. The summed E-state index contributed by atoms with van der Waals surface area (Å²) in [4.78, 5) is -1.06. The van der Waals surface area contributed by atoms with E-state index in [9.17, 15) is 21.6 Å². The van der Waals surface area contributed by atoms with Crippen molar-refractivity contribution >= 4 is 22.4 Å². The molecule has 2 atom stereocenters. The van der Waals surface area contributed by atoms with E-state index in [-0.39, 0.29) is 37.5 Å². The van der Waals surface area contributed by atoms with Crippen molar-refractivity contribution in [1.82, 2.24) is 9.62 Å². The molecule has 0 radical (unpaired) electrons. The van der Waals surface area contributed by atoms with Crippen LogP contribution in [0, 0.1) is 23.4 Å². The number of halogens is 4. The van der Waals surface area contributed by atoms with Gasteiger partial charge in [0.15, 0.2) is 4.90 Å². The molecule has 1 aromatic carbocycles. The number of fused-ring (bicyclic) bond motifs is 1. The number of nitrogens with one attached hydrogen (secondary N) is 1. The minimum absolute atomic E-state index is 0. The van der Waals surface area contributed by atoms with Crippen LogP contribution in [-0.2, 0) is 10.0 Å². The average molecular weight is 357 g/mol. The van der Waals surface area contributed by atoms with Gasteiger partial charge in [0.05, 0.1) is 0 Å². The lowest BCUT2D eigenvalue weighted by molar-refractivity contribution is 0.245. The van der Waals surface area contributed by atoms with Crippen LogP contribution in [0.3, 0.4) is 0 Å². The SMILES string of the molecule is Cl.O=S(=O)(c1c(F)cc(F)cc1F)N1CCC2NCCC2C1. The van der Waals surface area contributed by atoms with Crippen molar-refractivity contribution in [2.45, 2.75) is 23.8 Å². The van der Waals surface area contributed by atoms with E-state index in [0.29, 0.717) is 18.6 Å². The van der Waals surface area contributed by atoms with Crippen molar-refractivity contribution in [1.29, 1.82) is 0 Å². The summed E-state index contributed by atoms with van der Waals surface area (Å²) in [5, 5.41) is 3.28. The van der Waals surface area contributed by atoms with Gasteiger partial charge >= 0.3 is 0 Å². The number of piperidine rings is 1. The van der Waals surface area contributed by atoms with E-state index in [4.69, 9.17) is 0 Å². The molecule has 2 fully saturated rings. The van der Waals surface area contributed by atoms with Gasteiger partial charge in [-0.15, -0.1) is 12.4 Å². The maximum atomic E-state index is 13.7. The molecule has 0 bridgehead atoms. The third kappa shape index (κ3) is 2.97. The van der Waals surface area contributed by atoms with Crippen molar-refractivity contribution in [2.24, 2.45) is 5.92 Å². The molecule has 0 saturated carbocycles. The third-order valence-corrected chi connectivity index (χ3v) is 6.10. The fraction of sp³-hybridized carbons (Fsp3) is 0.538. The number of nitrogens with zero attached hydrogens (tertiary/aromatic N) is 1. The molecular weight excluding hydrogens is 341 g/mol. The molecule has 0 spiro atoms. The Hall–Kier alpha value is -0.830. The summed E-state index contributed by atoms with van der Waals surface area (Å²) < 4.78 is 66.3. The monoisotopic (exact) mass is 356 g/mol. The van der Waals surface area contributed by atoms with Gasteiger partial charge in [-0.25, -0.2) is 21.6 Å². The zero-order valence-corrected chi connectivity index (χ0v) is 13.2. The molecule has 0 aliphatic carbocycles. The van der Waals surface area contributed by atoms with Gasteiger partial charge in [0.1, 0.15) is 17.5 Å². The molecule has 2 heterocycles. The topological polar surface area (TPSA) is 49.4 Å². The maximum Gasteiger partial charge on any atom is 0.248 e. The van der Waals surface area contributed by atoms with Crippen LogP contribution < -0.4 is 5.32 Å². The highest BCUT2D eigenvalue weighted by atomic mass is 35.5. The lowest BCUT2D eigenvalue weighted by atomic mass is 9.95. The van der Waals surface area contributed by atoms with E-state index in [1.165, 1.54) is 0 Å². The zero-order chi connectivity index (χ0) is 15.2. The van der Waals surface area contributed by atoms with Crippen LogP contribution in [0.15, 0.2) is 17.0 Å². The first kappa shape index (κ1) is 17.5. The minimum atomic E-state index is -4.29. The van der Waals surface area contributed by atoms with Crippen molar-refractivity contribution in [3.8, 4) is 0 Å². The molecule has 22 heavy (non-hydrogen) atoms. The third-order valence-electron chi connectivity index (χ3n) is 4.18. The van der Waals surface area contributed by atoms with Crippen LogP contribution in [0.25, 0.3) is 0 Å². The molecule has 0 amide bonds. The van der Waals surface area contributed by atoms with Crippen LogP contribution in [0.2, 0.25) is 0 Å². The molecule has 124 valence electrons. The van der Waals surface area contributed by atoms with E-state index < -0.39 is 32.4 Å². The molecular formula is C13H16ClF3N2O2S. The Balaban J connectivity index is 0.00000176. The predicted molar refractivity (Wildman–Crippen MR) is 76.8 cm³/mol. The molecule has 2 aliphatic heterocycles.